The highest BCUT2D eigenvalue weighted by Crippen LogP contribution is 2.39. The van der Waals surface area contributed by atoms with Crippen molar-refractivity contribution in [2.45, 2.75) is 52.4 Å². The molecule has 1 rings (SSSR count). The van der Waals surface area contributed by atoms with Crippen LogP contribution in [0.2, 0.25) is 0 Å². The van der Waals surface area contributed by atoms with Crippen molar-refractivity contribution < 1.29 is 10.0 Å². The number of hydrogen-bond acceptors (Lipinski definition) is 2. The summed E-state index contributed by atoms with van der Waals surface area (Å²) in [5, 5.41) is 10.4. The molecule has 0 unspecified atom stereocenters. The van der Waals surface area contributed by atoms with Crippen LogP contribution in [0.1, 0.15) is 52.4 Å². The Bertz CT molecular complexity index is 192. The Balaban J connectivity index is 2.77. The standard InChI is InChI=1S/C11H21NO2/c1-3-6-11(7-4-2)8-5-9-12(14)10(11)13/h14H,3-9H2,1-2H3. The summed E-state index contributed by atoms with van der Waals surface area (Å²) in [5.41, 5.74) is -0.253. The quantitative estimate of drug-likeness (QED) is 0.707. The van der Waals surface area contributed by atoms with Gasteiger partial charge < -0.3 is 0 Å². The molecule has 0 radical (unpaired) electrons. The number of rotatable bonds is 4. The number of nitrogens with zero attached hydrogens (tertiary/aromatic N) is 1. The number of carbonyl (C=O) groups excluding carboxylic acids is 1. The lowest BCUT2D eigenvalue weighted by molar-refractivity contribution is -0.186. The maximum absolute atomic E-state index is 11.9. The zero-order chi connectivity index (χ0) is 10.6. The first-order valence-electron chi connectivity index (χ1n) is 5.67. The second-order valence-corrected chi connectivity index (χ2v) is 4.31. The molecule has 1 heterocycles. The molecule has 1 aliphatic rings. The van der Waals surface area contributed by atoms with Crippen LogP contribution < -0.4 is 0 Å². The third-order valence-electron chi connectivity index (χ3n) is 3.17. The van der Waals surface area contributed by atoms with Crippen LogP contribution in [0.4, 0.5) is 0 Å². The lowest BCUT2D eigenvalue weighted by Crippen LogP contribution is -2.47. The van der Waals surface area contributed by atoms with E-state index < -0.39 is 0 Å². The van der Waals surface area contributed by atoms with Gasteiger partial charge in [-0.15, -0.1) is 0 Å². The van der Waals surface area contributed by atoms with Gasteiger partial charge in [-0.25, -0.2) is 5.06 Å². The van der Waals surface area contributed by atoms with Gasteiger partial charge in [0.25, 0.3) is 5.91 Å². The van der Waals surface area contributed by atoms with Gasteiger partial charge in [0.15, 0.2) is 0 Å². The normalized spacial score (nSPS) is 21.4. The maximum Gasteiger partial charge on any atom is 0.252 e. The Hall–Kier alpha value is -0.570. The average molecular weight is 199 g/mol. The molecule has 1 amide bonds. The Morgan fingerprint density at radius 2 is 1.93 bits per heavy atom. The van der Waals surface area contributed by atoms with E-state index in [4.69, 9.17) is 0 Å². The monoisotopic (exact) mass is 199 g/mol. The molecule has 1 aliphatic heterocycles. The minimum absolute atomic E-state index is 0.0487. The van der Waals surface area contributed by atoms with Gasteiger partial charge in [0, 0.05) is 6.54 Å². The molecule has 1 saturated heterocycles. The van der Waals surface area contributed by atoms with Gasteiger partial charge in [0.05, 0.1) is 5.41 Å². The summed E-state index contributed by atoms with van der Waals surface area (Å²) in [6, 6.07) is 0. The van der Waals surface area contributed by atoms with Crippen LogP contribution in [0, 0.1) is 5.41 Å². The van der Waals surface area contributed by atoms with Crippen molar-refractivity contribution in [1.29, 1.82) is 0 Å². The molecule has 0 aromatic heterocycles. The summed E-state index contributed by atoms with van der Waals surface area (Å²) in [5.74, 6) is -0.0487. The van der Waals surface area contributed by atoms with Crippen molar-refractivity contribution in [2.75, 3.05) is 6.54 Å². The van der Waals surface area contributed by atoms with Crippen LogP contribution in [0.3, 0.4) is 0 Å². The predicted octanol–water partition coefficient (Wildman–Crippen LogP) is 2.58. The zero-order valence-corrected chi connectivity index (χ0v) is 9.25. The van der Waals surface area contributed by atoms with Gasteiger partial charge in [-0.2, -0.15) is 0 Å². The van der Waals surface area contributed by atoms with Crippen LogP contribution in [-0.4, -0.2) is 22.7 Å². The van der Waals surface area contributed by atoms with Crippen LogP contribution in [0.25, 0.3) is 0 Å². The van der Waals surface area contributed by atoms with E-state index in [1.165, 1.54) is 0 Å². The summed E-state index contributed by atoms with van der Waals surface area (Å²) >= 11 is 0. The van der Waals surface area contributed by atoms with E-state index in [1.807, 2.05) is 0 Å². The molecular formula is C11H21NO2. The van der Waals surface area contributed by atoms with E-state index in [1.54, 1.807) is 0 Å². The highest BCUT2D eigenvalue weighted by molar-refractivity contribution is 5.82. The number of hydroxylamine groups is 2. The SMILES string of the molecule is CCCC1(CCC)CCCN(O)C1=O. The molecule has 1 fully saturated rings. The highest BCUT2D eigenvalue weighted by Gasteiger charge is 2.41. The second kappa shape index (κ2) is 4.78. The zero-order valence-electron chi connectivity index (χ0n) is 9.25. The summed E-state index contributed by atoms with van der Waals surface area (Å²) in [7, 11) is 0. The van der Waals surface area contributed by atoms with Crippen molar-refractivity contribution in [3.8, 4) is 0 Å². The Kier molecular flexibility index (Phi) is 3.93. The third-order valence-corrected chi connectivity index (χ3v) is 3.17. The number of carbonyl (C=O) groups is 1. The molecular weight excluding hydrogens is 178 g/mol. The van der Waals surface area contributed by atoms with E-state index in [-0.39, 0.29) is 11.3 Å². The minimum atomic E-state index is -0.253. The number of amides is 1. The lowest BCUT2D eigenvalue weighted by atomic mass is 9.73. The molecule has 3 heteroatoms. The second-order valence-electron chi connectivity index (χ2n) is 4.31. The lowest BCUT2D eigenvalue weighted by Gasteiger charge is -2.38. The summed E-state index contributed by atoms with van der Waals surface area (Å²) in [4.78, 5) is 11.9. The number of piperidine rings is 1. The Morgan fingerprint density at radius 1 is 1.36 bits per heavy atom. The molecule has 0 aliphatic carbocycles. The molecule has 0 bridgehead atoms. The first kappa shape index (κ1) is 11.5. The van der Waals surface area contributed by atoms with Crippen LogP contribution in [0.15, 0.2) is 0 Å². The van der Waals surface area contributed by atoms with Crippen molar-refractivity contribution in [1.82, 2.24) is 5.06 Å². The highest BCUT2D eigenvalue weighted by atomic mass is 16.5. The molecule has 0 atom stereocenters. The number of hydrogen-bond donors (Lipinski definition) is 1. The van der Waals surface area contributed by atoms with E-state index >= 15 is 0 Å². The molecule has 3 nitrogen and oxygen atoms in total. The van der Waals surface area contributed by atoms with E-state index in [9.17, 15) is 10.0 Å². The van der Waals surface area contributed by atoms with Gasteiger partial charge in [-0.1, -0.05) is 26.7 Å². The van der Waals surface area contributed by atoms with Crippen molar-refractivity contribution in [2.24, 2.45) is 5.41 Å². The molecule has 14 heavy (non-hydrogen) atoms. The fourth-order valence-electron chi connectivity index (χ4n) is 2.60. The minimum Gasteiger partial charge on any atom is -0.286 e. The molecule has 0 saturated carbocycles. The third kappa shape index (κ3) is 2.08. The average Bonchev–Trinajstić information content (AvgIpc) is 2.15. The van der Waals surface area contributed by atoms with Gasteiger partial charge in [-0.05, 0) is 25.7 Å². The maximum atomic E-state index is 11.9. The van der Waals surface area contributed by atoms with E-state index in [0.29, 0.717) is 6.54 Å². The van der Waals surface area contributed by atoms with E-state index in [2.05, 4.69) is 13.8 Å². The van der Waals surface area contributed by atoms with Crippen molar-refractivity contribution in [3.05, 3.63) is 0 Å². The fourth-order valence-corrected chi connectivity index (χ4v) is 2.60. The molecule has 0 aromatic carbocycles. The van der Waals surface area contributed by atoms with Crippen LogP contribution in [-0.2, 0) is 4.79 Å². The van der Waals surface area contributed by atoms with Gasteiger partial charge >= 0.3 is 0 Å². The fraction of sp³-hybridized carbons (Fsp3) is 0.909. The van der Waals surface area contributed by atoms with Crippen LogP contribution in [0.5, 0.6) is 0 Å². The largest absolute Gasteiger partial charge is 0.286 e. The van der Waals surface area contributed by atoms with Crippen LogP contribution >= 0.6 is 0 Å². The molecule has 1 N–H and O–H groups in total. The smallest absolute Gasteiger partial charge is 0.252 e. The molecule has 82 valence electrons. The van der Waals surface area contributed by atoms with Gasteiger partial charge in [0.2, 0.25) is 0 Å². The Labute approximate surface area is 86.1 Å². The summed E-state index contributed by atoms with van der Waals surface area (Å²) in [6.07, 6.45) is 5.74. The first-order chi connectivity index (χ1) is 6.66. The molecule has 0 spiro atoms. The molecule has 0 aromatic rings. The topological polar surface area (TPSA) is 40.5 Å². The van der Waals surface area contributed by atoms with Gasteiger partial charge in [-0.3, -0.25) is 10.0 Å². The van der Waals surface area contributed by atoms with E-state index in [0.717, 1.165) is 43.6 Å². The predicted molar refractivity (Wildman–Crippen MR) is 55.0 cm³/mol. The van der Waals surface area contributed by atoms with Crippen molar-refractivity contribution in [3.63, 3.8) is 0 Å². The first-order valence-corrected chi connectivity index (χ1v) is 5.67. The van der Waals surface area contributed by atoms with Crippen molar-refractivity contribution >= 4 is 5.91 Å². The summed E-state index contributed by atoms with van der Waals surface area (Å²) in [6.45, 7) is 4.70. The summed E-state index contributed by atoms with van der Waals surface area (Å²) < 4.78 is 0. The Morgan fingerprint density at radius 3 is 2.43 bits per heavy atom. The van der Waals surface area contributed by atoms with Gasteiger partial charge in [0.1, 0.15) is 0 Å².